The van der Waals surface area contributed by atoms with E-state index < -0.39 is 0 Å². The van der Waals surface area contributed by atoms with Crippen molar-refractivity contribution in [2.75, 3.05) is 16.8 Å². The SMILES string of the molecule is C=C1N(C)c2cc(-c3ccc(-c4ccc(N(c5ccccc5)c5ccccc5)cc4)s3)ccc2C1(C)C.CC.CC. The number of fused-ring (bicyclic) bond motifs is 1. The molecule has 1 aliphatic rings. The van der Waals surface area contributed by atoms with Gasteiger partial charge in [-0.1, -0.05) is 109 Å². The van der Waals surface area contributed by atoms with Crippen LogP contribution in [0, 0.1) is 0 Å². The summed E-state index contributed by atoms with van der Waals surface area (Å²) in [6.45, 7) is 16.8. The lowest BCUT2D eigenvalue weighted by Crippen LogP contribution is -2.21. The van der Waals surface area contributed by atoms with Gasteiger partial charge in [0.05, 0.1) is 0 Å². The third-order valence-electron chi connectivity index (χ3n) is 7.49. The number of benzene rings is 4. The molecule has 0 amide bonds. The van der Waals surface area contributed by atoms with Crippen molar-refractivity contribution in [1.29, 1.82) is 0 Å². The molecule has 0 N–H and O–H groups in total. The molecule has 0 bridgehead atoms. The van der Waals surface area contributed by atoms with Crippen LogP contribution in [0.3, 0.4) is 0 Å². The molecular formula is C38H42N2S. The van der Waals surface area contributed by atoms with Gasteiger partial charge in [-0.25, -0.2) is 0 Å². The molecule has 2 heterocycles. The molecule has 3 heteroatoms. The van der Waals surface area contributed by atoms with E-state index in [0.717, 1.165) is 22.8 Å². The molecule has 0 spiro atoms. The molecule has 4 aromatic carbocycles. The van der Waals surface area contributed by atoms with Gasteiger partial charge in [-0.15, -0.1) is 11.3 Å². The maximum absolute atomic E-state index is 4.33. The van der Waals surface area contributed by atoms with Crippen molar-refractivity contribution < 1.29 is 0 Å². The Kier molecular flexibility index (Phi) is 9.52. The van der Waals surface area contributed by atoms with Gasteiger partial charge >= 0.3 is 0 Å². The smallest absolute Gasteiger partial charge is 0.0462 e. The molecule has 2 nitrogen and oxygen atoms in total. The molecule has 1 aromatic heterocycles. The van der Waals surface area contributed by atoms with Crippen LogP contribution in [0.4, 0.5) is 22.7 Å². The van der Waals surface area contributed by atoms with Gasteiger partial charge in [0.25, 0.3) is 0 Å². The minimum Gasteiger partial charge on any atom is -0.348 e. The van der Waals surface area contributed by atoms with E-state index in [1.54, 1.807) is 0 Å². The van der Waals surface area contributed by atoms with Crippen LogP contribution in [0.2, 0.25) is 0 Å². The Labute approximate surface area is 251 Å². The molecule has 1 aliphatic heterocycles. The summed E-state index contributed by atoms with van der Waals surface area (Å²) in [6.07, 6.45) is 0. The Hall–Kier alpha value is -4.08. The van der Waals surface area contributed by atoms with Gasteiger partial charge in [0.1, 0.15) is 0 Å². The molecule has 6 rings (SSSR count). The van der Waals surface area contributed by atoms with Crippen molar-refractivity contribution in [3.63, 3.8) is 0 Å². The van der Waals surface area contributed by atoms with Crippen molar-refractivity contribution in [2.24, 2.45) is 0 Å². The van der Waals surface area contributed by atoms with Crippen molar-refractivity contribution in [3.8, 4) is 20.9 Å². The first-order chi connectivity index (χ1) is 19.9. The number of para-hydroxylation sites is 2. The molecule has 0 unspecified atom stereocenters. The predicted octanol–water partition coefficient (Wildman–Crippen LogP) is 11.8. The Bertz CT molecular complexity index is 1520. The normalized spacial score (nSPS) is 13.0. The molecule has 0 fully saturated rings. The van der Waals surface area contributed by atoms with E-state index in [9.17, 15) is 0 Å². The zero-order valence-corrected chi connectivity index (χ0v) is 26.3. The van der Waals surface area contributed by atoms with E-state index in [0.29, 0.717) is 0 Å². The van der Waals surface area contributed by atoms with Crippen LogP contribution in [0.25, 0.3) is 20.9 Å². The average molecular weight is 559 g/mol. The lowest BCUT2D eigenvalue weighted by atomic mass is 9.84. The van der Waals surface area contributed by atoms with Gasteiger partial charge in [0, 0.05) is 50.7 Å². The van der Waals surface area contributed by atoms with Gasteiger partial charge in [-0.05, 0) is 71.3 Å². The van der Waals surface area contributed by atoms with Crippen LogP contribution in [0.1, 0.15) is 47.1 Å². The number of hydrogen-bond acceptors (Lipinski definition) is 3. The van der Waals surface area contributed by atoms with Crippen LogP contribution in [-0.2, 0) is 5.41 Å². The zero-order chi connectivity index (χ0) is 29.6. The van der Waals surface area contributed by atoms with Gasteiger partial charge < -0.3 is 9.80 Å². The van der Waals surface area contributed by atoms with E-state index in [-0.39, 0.29) is 5.41 Å². The minimum atomic E-state index is -0.0294. The molecule has 210 valence electrons. The summed E-state index contributed by atoms with van der Waals surface area (Å²) in [5, 5.41) is 0. The Morgan fingerprint density at radius 1 is 0.610 bits per heavy atom. The topological polar surface area (TPSA) is 6.48 Å². The Balaban J connectivity index is 0.000000929. The standard InChI is InChI=1S/C34H30N2S.2C2H6/c1-24-34(2,3)30-20-17-26(23-31(30)35(24)4)33-22-21-32(37-33)25-15-18-29(19-16-25)36(27-11-7-5-8-12-27)28-13-9-6-10-14-28;2*1-2/h5-23H,1H2,2-4H3;2*1-2H3. The lowest BCUT2D eigenvalue weighted by Gasteiger charge is -2.25. The second-order valence-corrected chi connectivity index (χ2v) is 11.2. The number of thiophene rings is 1. The number of hydrogen-bond donors (Lipinski definition) is 0. The zero-order valence-electron chi connectivity index (χ0n) is 25.5. The van der Waals surface area contributed by atoms with Crippen LogP contribution in [0.5, 0.6) is 0 Å². The summed E-state index contributed by atoms with van der Waals surface area (Å²) in [4.78, 5) is 7.07. The maximum atomic E-state index is 4.33. The quantitative estimate of drug-likeness (QED) is 0.212. The van der Waals surface area contributed by atoms with Crippen LogP contribution < -0.4 is 9.80 Å². The molecular weight excluding hydrogens is 516 g/mol. The summed E-state index contributed by atoms with van der Waals surface area (Å²) in [6, 6.07) is 41.2. The summed E-state index contributed by atoms with van der Waals surface area (Å²) in [5.74, 6) is 0. The van der Waals surface area contributed by atoms with Crippen LogP contribution >= 0.6 is 11.3 Å². The maximum Gasteiger partial charge on any atom is 0.0462 e. The number of likely N-dealkylation sites (N-methyl/N-ethyl adjacent to an activating group) is 1. The number of nitrogens with zero attached hydrogens (tertiary/aromatic N) is 2. The first-order valence-electron chi connectivity index (χ1n) is 14.6. The monoisotopic (exact) mass is 558 g/mol. The van der Waals surface area contributed by atoms with Crippen LogP contribution in [0.15, 0.2) is 128 Å². The highest BCUT2D eigenvalue weighted by molar-refractivity contribution is 7.18. The third-order valence-corrected chi connectivity index (χ3v) is 8.67. The fraction of sp³-hybridized carbons (Fsp3) is 0.211. The van der Waals surface area contributed by atoms with Gasteiger partial charge in [0.15, 0.2) is 0 Å². The van der Waals surface area contributed by atoms with E-state index in [1.165, 1.54) is 32.1 Å². The highest BCUT2D eigenvalue weighted by Crippen LogP contribution is 2.48. The van der Waals surface area contributed by atoms with E-state index in [2.05, 4.69) is 153 Å². The summed E-state index contributed by atoms with van der Waals surface area (Å²) >= 11 is 1.84. The lowest BCUT2D eigenvalue weighted by molar-refractivity contribution is 0.643. The van der Waals surface area contributed by atoms with Gasteiger partial charge in [-0.3, -0.25) is 0 Å². The molecule has 0 saturated carbocycles. The largest absolute Gasteiger partial charge is 0.348 e. The van der Waals surface area contributed by atoms with Gasteiger partial charge in [0.2, 0.25) is 0 Å². The molecule has 0 radical (unpaired) electrons. The van der Waals surface area contributed by atoms with Gasteiger partial charge in [-0.2, -0.15) is 0 Å². The molecule has 41 heavy (non-hydrogen) atoms. The highest BCUT2D eigenvalue weighted by Gasteiger charge is 2.37. The van der Waals surface area contributed by atoms with Crippen molar-refractivity contribution >= 4 is 34.1 Å². The summed E-state index contributed by atoms with van der Waals surface area (Å²) < 4.78 is 0. The Morgan fingerprint density at radius 2 is 1.07 bits per heavy atom. The van der Waals surface area contributed by atoms with E-state index in [1.807, 2.05) is 39.0 Å². The highest BCUT2D eigenvalue weighted by atomic mass is 32.1. The fourth-order valence-corrected chi connectivity index (χ4v) is 6.24. The van der Waals surface area contributed by atoms with E-state index >= 15 is 0 Å². The van der Waals surface area contributed by atoms with Crippen molar-refractivity contribution in [1.82, 2.24) is 0 Å². The molecule has 5 aromatic rings. The first kappa shape index (κ1) is 29.9. The Morgan fingerprint density at radius 3 is 1.61 bits per heavy atom. The molecule has 0 atom stereocenters. The molecule has 0 aliphatic carbocycles. The minimum absolute atomic E-state index is 0.0294. The number of rotatable bonds is 5. The van der Waals surface area contributed by atoms with E-state index in [4.69, 9.17) is 0 Å². The predicted molar refractivity (Wildman–Crippen MR) is 183 cm³/mol. The van der Waals surface area contributed by atoms with Crippen molar-refractivity contribution in [2.45, 2.75) is 47.0 Å². The van der Waals surface area contributed by atoms with Crippen LogP contribution in [-0.4, -0.2) is 7.05 Å². The fourth-order valence-electron chi connectivity index (χ4n) is 5.24. The second-order valence-electron chi connectivity index (χ2n) is 10.1. The second kappa shape index (κ2) is 13.1. The molecule has 0 saturated heterocycles. The summed E-state index contributed by atoms with van der Waals surface area (Å²) in [5.41, 5.74) is 9.63. The average Bonchev–Trinajstić information content (AvgIpc) is 3.59. The third kappa shape index (κ3) is 5.87. The number of allylic oxidation sites excluding steroid dienone is 1. The van der Waals surface area contributed by atoms with Crippen molar-refractivity contribution in [3.05, 3.63) is 133 Å². The summed E-state index contributed by atoms with van der Waals surface area (Å²) in [7, 11) is 2.12. The first-order valence-corrected chi connectivity index (χ1v) is 15.4. The number of anilines is 4.